The van der Waals surface area contributed by atoms with Gasteiger partial charge in [-0.25, -0.2) is 0 Å². The lowest BCUT2D eigenvalue weighted by Crippen LogP contribution is -2.41. The van der Waals surface area contributed by atoms with Gasteiger partial charge in [-0.2, -0.15) is 18.3 Å². The molecule has 1 heterocycles. The van der Waals surface area contributed by atoms with Crippen molar-refractivity contribution in [3.63, 3.8) is 0 Å². The molecule has 0 radical (unpaired) electrons. The Morgan fingerprint density at radius 1 is 1.21 bits per heavy atom. The Labute approximate surface area is 149 Å². The first-order valence-corrected chi connectivity index (χ1v) is 11.4. The van der Waals surface area contributed by atoms with Gasteiger partial charge in [0.1, 0.15) is 5.69 Å². The van der Waals surface area contributed by atoms with Crippen LogP contribution in [0.2, 0.25) is 18.1 Å². The van der Waals surface area contributed by atoms with E-state index in [4.69, 9.17) is 4.43 Å². The van der Waals surface area contributed by atoms with Crippen molar-refractivity contribution < 1.29 is 17.6 Å². The zero-order chi connectivity index (χ0) is 18.3. The summed E-state index contributed by atoms with van der Waals surface area (Å²) in [5.41, 5.74) is -0.396. The van der Waals surface area contributed by atoms with Gasteiger partial charge in [0.2, 0.25) is 0 Å². The van der Waals surface area contributed by atoms with Gasteiger partial charge in [-0.3, -0.25) is 4.68 Å². The monoisotopic (exact) mass is 422 g/mol. The Hall–Kier alpha value is -0.863. The van der Waals surface area contributed by atoms with Crippen LogP contribution in [0.5, 0.6) is 0 Å². The van der Waals surface area contributed by atoms with E-state index in [1.807, 2.05) is 0 Å². The van der Waals surface area contributed by atoms with Crippen LogP contribution in [0, 0.1) is 0 Å². The Morgan fingerprint density at radius 2 is 1.83 bits per heavy atom. The number of rotatable bonds is 4. The summed E-state index contributed by atoms with van der Waals surface area (Å²) in [4.78, 5) is 0. The van der Waals surface area contributed by atoms with E-state index in [-0.39, 0.29) is 23.6 Å². The minimum Gasteiger partial charge on any atom is -0.415 e. The molecule has 0 bridgehead atoms. The maximum absolute atomic E-state index is 13.5. The van der Waals surface area contributed by atoms with Crippen molar-refractivity contribution in [1.82, 2.24) is 9.78 Å². The Kier molecular flexibility index (Phi) is 5.24. The Morgan fingerprint density at radius 3 is 2.38 bits per heavy atom. The van der Waals surface area contributed by atoms with Crippen LogP contribution in [0.1, 0.15) is 26.5 Å². The van der Waals surface area contributed by atoms with E-state index in [0.29, 0.717) is 9.99 Å². The summed E-state index contributed by atoms with van der Waals surface area (Å²) < 4.78 is 48.1. The highest BCUT2D eigenvalue weighted by atomic mass is 79.9. The minimum absolute atomic E-state index is 0.0134. The quantitative estimate of drug-likeness (QED) is 0.578. The fraction of sp³-hybridized carbons (Fsp3) is 0.562. The van der Waals surface area contributed by atoms with E-state index in [1.165, 1.54) is 6.07 Å². The second-order valence-electron chi connectivity index (χ2n) is 7.34. The summed E-state index contributed by atoms with van der Waals surface area (Å²) in [6, 6.07) is 4.63. The molecular weight excluding hydrogens is 401 g/mol. The molecule has 2 aromatic rings. The number of hydrogen-bond donors (Lipinski definition) is 0. The fourth-order valence-corrected chi connectivity index (χ4v) is 3.56. The van der Waals surface area contributed by atoms with Gasteiger partial charge in [-0.15, -0.1) is 0 Å². The molecule has 1 aromatic carbocycles. The van der Waals surface area contributed by atoms with Crippen LogP contribution in [0.15, 0.2) is 22.7 Å². The van der Waals surface area contributed by atoms with Crippen molar-refractivity contribution in [3.05, 3.63) is 28.4 Å². The average Bonchev–Trinajstić information content (AvgIpc) is 2.74. The Balaban J connectivity index is 2.29. The molecular formula is C16H22BrF3N2OSi. The van der Waals surface area contributed by atoms with Crippen molar-refractivity contribution in [2.45, 2.75) is 51.6 Å². The predicted molar refractivity (Wildman–Crippen MR) is 95.6 cm³/mol. The maximum Gasteiger partial charge on any atom is 0.433 e. The van der Waals surface area contributed by atoms with Crippen LogP contribution in [-0.4, -0.2) is 24.7 Å². The molecule has 0 aliphatic rings. The SMILES string of the molecule is CC(C)(C)[Si](C)(C)OCCn1nc2cc(Br)ccc2c1C(F)(F)F. The van der Waals surface area contributed by atoms with Crippen LogP contribution < -0.4 is 0 Å². The molecule has 0 aliphatic heterocycles. The van der Waals surface area contributed by atoms with Gasteiger partial charge in [-0.1, -0.05) is 36.7 Å². The largest absolute Gasteiger partial charge is 0.433 e. The van der Waals surface area contributed by atoms with Gasteiger partial charge in [-0.05, 0) is 36.3 Å². The molecule has 0 saturated carbocycles. The molecule has 0 atom stereocenters. The second kappa shape index (κ2) is 6.46. The van der Waals surface area contributed by atoms with Crippen molar-refractivity contribution >= 4 is 35.2 Å². The van der Waals surface area contributed by atoms with E-state index in [9.17, 15) is 13.2 Å². The number of benzene rings is 1. The first-order valence-electron chi connectivity index (χ1n) is 7.70. The van der Waals surface area contributed by atoms with Gasteiger partial charge in [0.25, 0.3) is 0 Å². The van der Waals surface area contributed by atoms with E-state index < -0.39 is 20.2 Å². The van der Waals surface area contributed by atoms with E-state index in [0.717, 1.165) is 4.68 Å². The molecule has 0 N–H and O–H groups in total. The maximum atomic E-state index is 13.5. The highest BCUT2D eigenvalue weighted by molar-refractivity contribution is 9.10. The first-order chi connectivity index (χ1) is 10.8. The van der Waals surface area contributed by atoms with Crippen molar-refractivity contribution in [3.8, 4) is 0 Å². The summed E-state index contributed by atoms with van der Waals surface area (Å²) in [7, 11) is -2.00. The normalized spacial score (nSPS) is 13.7. The van der Waals surface area contributed by atoms with E-state index in [2.05, 4.69) is 54.9 Å². The number of alkyl halides is 3. The molecule has 134 valence electrons. The van der Waals surface area contributed by atoms with Crippen LogP contribution >= 0.6 is 15.9 Å². The third-order valence-electron chi connectivity index (χ3n) is 4.54. The molecule has 0 aliphatic carbocycles. The number of halogens is 4. The molecule has 24 heavy (non-hydrogen) atoms. The molecule has 0 unspecified atom stereocenters. The highest BCUT2D eigenvalue weighted by Gasteiger charge is 2.39. The lowest BCUT2D eigenvalue weighted by Gasteiger charge is -2.36. The summed E-state index contributed by atoms with van der Waals surface area (Å²) in [5, 5.41) is 4.25. The lowest BCUT2D eigenvalue weighted by atomic mass is 10.2. The zero-order valence-corrected chi connectivity index (χ0v) is 17.0. The topological polar surface area (TPSA) is 27.1 Å². The van der Waals surface area contributed by atoms with Gasteiger partial charge in [0, 0.05) is 9.86 Å². The van der Waals surface area contributed by atoms with Crippen molar-refractivity contribution in [2.24, 2.45) is 0 Å². The summed E-state index contributed by atoms with van der Waals surface area (Å²) in [6.07, 6.45) is -4.46. The first kappa shape index (κ1) is 19.5. The molecule has 8 heteroatoms. The number of fused-ring (bicyclic) bond motifs is 1. The van der Waals surface area contributed by atoms with Crippen LogP contribution in [0.4, 0.5) is 13.2 Å². The molecule has 0 amide bonds. The van der Waals surface area contributed by atoms with E-state index >= 15 is 0 Å². The van der Waals surface area contributed by atoms with Crippen LogP contribution in [0.25, 0.3) is 10.9 Å². The lowest BCUT2D eigenvalue weighted by molar-refractivity contribution is -0.143. The van der Waals surface area contributed by atoms with Crippen molar-refractivity contribution in [2.75, 3.05) is 6.61 Å². The zero-order valence-electron chi connectivity index (χ0n) is 14.5. The molecule has 0 fully saturated rings. The average molecular weight is 423 g/mol. The van der Waals surface area contributed by atoms with Gasteiger partial charge < -0.3 is 4.43 Å². The third-order valence-corrected chi connectivity index (χ3v) is 9.57. The molecule has 3 nitrogen and oxygen atoms in total. The molecule has 0 saturated heterocycles. The highest BCUT2D eigenvalue weighted by Crippen LogP contribution is 2.37. The number of aromatic nitrogens is 2. The van der Waals surface area contributed by atoms with E-state index in [1.54, 1.807) is 12.1 Å². The summed E-state index contributed by atoms with van der Waals surface area (Å²) >= 11 is 3.27. The van der Waals surface area contributed by atoms with Gasteiger partial charge in [0.15, 0.2) is 8.32 Å². The van der Waals surface area contributed by atoms with Gasteiger partial charge in [0.05, 0.1) is 18.7 Å². The van der Waals surface area contributed by atoms with Crippen molar-refractivity contribution in [1.29, 1.82) is 0 Å². The smallest absolute Gasteiger partial charge is 0.415 e. The van der Waals surface area contributed by atoms with Crippen LogP contribution in [0.3, 0.4) is 0 Å². The fourth-order valence-electron chi connectivity index (χ4n) is 2.17. The molecule has 1 aromatic heterocycles. The summed E-state index contributed by atoms with van der Waals surface area (Å²) in [5.74, 6) is 0. The number of hydrogen-bond acceptors (Lipinski definition) is 2. The van der Waals surface area contributed by atoms with Gasteiger partial charge >= 0.3 is 6.18 Å². The molecule has 2 rings (SSSR count). The predicted octanol–water partition coefficient (Wildman–Crippen LogP) is 5.84. The third kappa shape index (κ3) is 4.03. The Bertz CT molecular complexity index is 735. The summed E-state index contributed by atoms with van der Waals surface area (Å²) in [6.45, 7) is 10.7. The second-order valence-corrected chi connectivity index (χ2v) is 13.1. The minimum atomic E-state index is -4.46. The standard InChI is InChI=1S/C16H22BrF3N2OSi/c1-15(2,3)24(4,5)23-9-8-22-14(16(18,19)20)12-7-6-11(17)10-13(12)21-22/h6-7,10H,8-9H2,1-5H3. The van der Waals surface area contributed by atoms with Crippen LogP contribution in [-0.2, 0) is 17.1 Å². The molecule has 0 spiro atoms. The number of nitrogens with zero attached hydrogens (tertiary/aromatic N) is 2.